The number of carbonyl (C=O) groups excluding carboxylic acids is 6. The zero-order valence-corrected chi connectivity index (χ0v) is 40.0. The van der Waals surface area contributed by atoms with E-state index in [4.69, 9.17) is 33.4 Å². The summed E-state index contributed by atoms with van der Waals surface area (Å²) in [5.74, 6) is -0.966. The van der Waals surface area contributed by atoms with Gasteiger partial charge >= 0.3 is 24.0 Å². The van der Waals surface area contributed by atoms with Crippen LogP contribution in [0.3, 0.4) is 0 Å². The Labute approximate surface area is 417 Å². The van der Waals surface area contributed by atoms with Gasteiger partial charge < -0.3 is 38.8 Å². The van der Waals surface area contributed by atoms with Gasteiger partial charge in [0.2, 0.25) is 11.8 Å². The molecule has 3 aliphatic rings. The fraction of sp³-hybridized carbons (Fsp3) is 0.278. The largest absolute Gasteiger partial charge is 0.491 e. The van der Waals surface area contributed by atoms with E-state index in [1.165, 1.54) is 24.5 Å². The van der Waals surface area contributed by atoms with Crippen molar-refractivity contribution in [2.45, 2.75) is 36.1 Å². The highest BCUT2D eigenvalue weighted by Gasteiger charge is 2.76. The van der Waals surface area contributed by atoms with Crippen molar-refractivity contribution in [2.75, 3.05) is 58.0 Å². The summed E-state index contributed by atoms with van der Waals surface area (Å²) in [5.41, 5.74) is 0.623. The number of fused-ring (bicyclic) bond motifs is 4. The third-order valence-electron chi connectivity index (χ3n) is 13.0. The first-order chi connectivity index (χ1) is 35.0. The molecule has 0 unspecified atom stereocenters. The molecule has 368 valence electrons. The highest BCUT2D eigenvalue weighted by molar-refractivity contribution is 7.22. The Kier molecular flexibility index (Phi) is 14.4. The average Bonchev–Trinajstić information content (AvgIpc) is 4.05. The van der Waals surface area contributed by atoms with E-state index in [9.17, 15) is 19.5 Å². The number of ether oxygens (including phenoxy) is 6. The quantitative estimate of drug-likeness (QED) is 0.0395. The van der Waals surface area contributed by atoms with E-state index in [0.717, 1.165) is 23.8 Å². The second-order valence-corrected chi connectivity index (χ2v) is 18.0. The number of nitrogens with one attached hydrogen (secondary N) is 1. The maximum Gasteiger partial charge on any atom is 0.421 e. The number of rotatable bonds is 14. The van der Waals surface area contributed by atoms with Crippen molar-refractivity contribution < 1.29 is 62.3 Å². The summed E-state index contributed by atoms with van der Waals surface area (Å²) < 4.78 is 33.7. The highest BCUT2D eigenvalue weighted by atomic mass is 32.1. The van der Waals surface area contributed by atoms with Crippen molar-refractivity contribution in [1.29, 1.82) is 0 Å². The van der Waals surface area contributed by atoms with E-state index in [1.54, 1.807) is 42.5 Å². The average molecular weight is 993 g/mol. The first-order valence-electron chi connectivity index (χ1n) is 22.9. The summed E-state index contributed by atoms with van der Waals surface area (Å²) in [7, 11) is 3.71. The predicted octanol–water partition coefficient (Wildman–Crippen LogP) is 6.46. The van der Waals surface area contributed by atoms with Gasteiger partial charge in [-0.1, -0.05) is 108 Å². The van der Waals surface area contributed by atoms with Crippen LogP contribution in [-0.2, 0) is 53.1 Å². The zero-order chi connectivity index (χ0) is 50.5. The van der Waals surface area contributed by atoms with E-state index >= 15 is 14.4 Å². The lowest BCUT2D eigenvalue weighted by molar-refractivity contribution is -0.178. The van der Waals surface area contributed by atoms with Gasteiger partial charge in [-0.25, -0.2) is 14.7 Å². The van der Waals surface area contributed by atoms with Gasteiger partial charge in [0.1, 0.15) is 36.5 Å². The van der Waals surface area contributed by atoms with Gasteiger partial charge in [0.05, 0.1) is 61.3 Å². The lowest BCUT2D eigenvalue weighted by Crippen LogP contribution is -2.54. The molecule has 72 heavy (non-hydrogen) atoms. The molecule has 0 aliphatic carbocycles. The number of methoxy groups -OCH3 is 3. The smallest absolute Gasteiger partial charge is 0.421 e. The van der Waals surface area contributed by atoms with Crippen LogP contribution in [0.4, 0.5) is 15.6 Å². The van der Waals surface area contributed by atoms with Crippen LogP contribution >= 0.6 is 11.3 Å². The van der Waals surface area contributed by atoms with Crippen LogP contribution in [0, 0.1) is 23.7 Å². The Bertz CT molecular complexity index is 3040. The number of aliphatic hydroxyl groups excluding tert-OH is 1. The number of hydrogen-bond donors (Lipinski definition) is 2. The Morgan fingerprint density at radius 1 is 0.806 bits per heavy atom. The first kappa shape index (κ1) is 49.0. The first-order valence-corrected chi connectivity index (χ1v) is 23.7. The molecule has 1 spiro atoms. The Balaban J connectivity index is 1.33. The van der Waals surface area contributed by atoms with Gasteiger partial charge in [-0.05, 0) is 64.7 Å². The molecule has 9 rings (SSSR count). The number of aliphatic hydroxyl groups is 1. The molecule has 5 aromatic carbocycles. The predicted molar refractivity (Wildman–Crippen MR) is 261 cm³/mol. The lowest BCUT2D eigenvalue weighted by atomic mass is 9.65. The van der Waals surface area contributed by atoms with E-state index in [0.29, 0.717) is 28.0 Å². The van der Waals surface area contributed by atoms with Gasteiger partial charge in [0, 0.05) is 19.1 Å². The summed E-state index contributed by atoms with van der Waals surface area (Å²) in [4.78, 5) is 95.1. The molecule has 0 radical (unpaired) electrons. The molecule has 0 bridgehead atoms. The number of imide groups is 1. The number of anilines is 2. The van der Waals surface area contributed by atoms with Crippen molar-refractivity contribution in [1.82, 2.24) is 9.88 Å². The third-order valence-corrected chi connectivity index (χ3v) is 14.0. The molecule has 0 saturated carbocycles. The van der Waals surface area contributed by atoms with Crippen molar-refractivity contribution in [2.24, 2.45) is 11.8 Å². The number of thiazole rings is 1. The zero-order valence-electron chi connectivity index (χ0n) is 39.2. The third kappa shape index (κ3) is 8.92. The number of hydrogen-bond acceptors (Lipinski definition) is 16. The molecule has 6 aromatic rings. The minimum Gasteiger partial charge on any atom is -0.491 e. The molecule has 3 aliphatic heterocycles. The Morgan fingerprint density at radius 2 is 1.49 bits per heavy atom. The SMILES string of the molecule is COCCOC(=O)N1C(=O)[C@@]2(c3cc(C#CCC(C(=O)OC)C(=O)OC)ccc31)[C@H](c1ccc(OCCO)cc1)N1[C@H](c3ccccc3)[C@H](c3ccccc3)OC(=O)[C@H]1[C@@H]2C(=O)Nc1nc2ccccc2s1. The van der Waals surface area contributed by atoms with Crippen LogP contribution < -0.4 is 15.0 Å². The summed E-state index contributed by atoms with van der Waals surface area (Å²) >= 11 is 1.20. The molecule has 2 N–H and O–H groups in total. The van der Waals surface area contributed by atoms with Crippen molar-refractivity contribution in [3.05, 3.63) is 155 Å². The standard InChI is InChI=1S/C54H48N4O13S/c1-66-29-30-70-53(65)57-40-26-21-32(13-12-18-37(48(61)67-2)49(62)68-3)31-38(40)54(51(57)64)42(47(60)56-52-55-39-19-10-11-20-41(39)72-52)44-50(63)71-45(34-16-8-5-9-17-34)43(33-14-6-4-7-15-33)58(44)46(54)35-22-24-36(25-23-35)69-28-27-59/h4-11,14-17,19-26,31,37,42-46,59H,18,27-30H2,1-3H3,(H,55,56,60)/t42-,43-,44-,45+,46+,54-/m1/s1. The molecule has 3 amide bonds. The van der Waals surface area contributed by atoms with Crippen LogP contribution in [0.25, 0.3) is 10.2 Å². The number of nitrogens with zero attached hydrogens (tertiary/aromatic N) is 3. The monoisotopic (exact) mass is 992 g/mol. The Hall–Kier alpha value is -7.95. The number of carbonyl (C=O) groups is 6. The molecular weight excluding hydrogens is 945 g/mol. The molecule has 6 atom stereocenters. The molecule has 2 fully saturated rings. The summed E-state index contributed by atoms with van der Waals surface area (Å²) in [6.45, 7) is -0.497. The van der Waals surface area contributed by atoms with Crippen LogP contribution in [0.5, 0.6) is 5.75 Å². The van der Waals surface area contributed by atoms with Crippen LogP contribution in [0.2, 0.25) is 0 Å². The second-order valence-electron chi connectivity index (χ2n) is 17.0. The highest BCUT2D eigenvalue weighted by Crippen LogP contribution is 2.66. The molecule has 4 heterocycles. The number of esters is 3. The van der Waals surface area contributed by atoms with Gasteiger partial charge in [-0.2, -0.15) is 0 Å². The van der Waals surface area contributed by atoms with Crippen LogP contribution in [0.15, 0.2) is 127 Å². The lowest BCUT2D eigenvalue weighted by Gasteiger charge is -2.46. The van der Waals surface area contributed by atoms with E-state index < -0.39 is 77.3 Å². The summed E-state index contributed by atoms with van der Waals surface area (Å²) in [5, 5.41) is 12.8. The molecule has 2 saturated heterocycles. The topological polar surface area (TPSA) is 209 Å². The Morgan fingerprint density at radius 3 is 2.15 bits per heavy atom. The van der Waals surface area contributed by atoms with Crippen molar-refractivity contribution in [3.8, 4) is 17.6 Å². The summed E-state index contributed by atoms with van der Waals surface area (Å²) in [6.07, 6.45) is -2.37. The van der Waals surface area contributed by atoms with Gasteiger partial charge in [-0.3, -0.25) is 28.9 Å². The minimum absolute atomic E-state index is 0.000284. The maximum absolute atomic E-state index is 16.5. The molecule has 1 aromatic heterocycles. The summed E-state index contributed by atoms with van der Waals surface area (Å²) in [6, 6.07) is 33.5. The number of aromatic nitrogens is 1. The normalized spacial score (nSPS) is 21.1. The van der Waals surface area contributed by atoms with E-state index in [1.807, 2.05) is 83.8 Å². The van der Waals surface area contributed by atoms with Crippen molar-refractivity contribution in [3.63, 3.8) is 0 Å². The van der Waals surface area contributed by atoms with E-state index in [2.05, 4.69) is 17.2 Å². The number of morpholine rings is 1. The number of benzene rings is 5. The minimum atomic E-state index is -2.19. The van der Waals surface area contributed by atoms with Gasteiger partial charge in [-0.15, -0.1) is 0 Å². The van der Waals surface area contributed by atoms with Crippen LogP contribution in [-0.4, -0.2) is 105 Å². The fourth-order valence-corrected chi connectivity index (χ4v) is 10.9. The molecular formula is C54H48N4O13S. The van der Waals surface area contributed by atoms with Crippen LogP contribution in [0.1, 0.15) is 52.4 Å². The molecule has 17 nitrogen and oxygen atoms in total. The van der Waals surface area contributed by atoms with Gasteiger partial charge in [0.25, 0.3) is 0 Å². The second kappa shape index (κ2) is 21.2. The number of cyclic esters (lactones) is 1. The van der Waals surface area contributed by atoms with E-state index in [-0.39, 0.29) is 54.8 Å². The van der Waals surface area contributed by atoms with Gasteiger partial charge in [0.15, 0.2) is 11.0 Å². The maximum atomic E-state index is 16.5. The van der Waals surface area contributed by atoms with Crippen molar-refractivity contribution >= 4 is 68.2 Å². The molecule has 18 heteroatoms. The number of amides is 3. The fourth-order valence-electron chi connectivity index (χ4n) is 10.1. The number of para-hydroxylation sites is 1.